The van der Waals surface area contributed by atoms with Gasteiger partial charge in [-0.3, -0.25) is 4.79 Å². The molecular weight excluding hydrogens is 280 g/mol. The van der Waals surface area contributed by atoms with Crippen molar-refractivity contribution < 1.29 is 4.79 Å². The van der Waals surface area contributed by atoms with Crippen molar-refractivity contribution in [2.75, 3.05) is 12.4 Å². The van der Waals surface area contributed by atoms with E-state index >= 15 is 0 Å². The van der Waals surface area contributed by atoms with E-state index in [2.05, 4.69) is 5.32 Å². The molecule has 5 heteroatoms. The Labute approximate surface area is 116 Å². The van der Waals surface area contributed by atoms with Gasteiger partial charge in [0, 0.05) is 12.4 Å². The quantitative estimate of drug-likeness (QED) is 0.818. The fourth-order valence-corrected chi connectivity index (χ4v) is 2.30. The molecule has 1 N–H and O–H groups in total. The Morgan fingerprint density at radius 2 is 1.94 bits per heavy atom. The molecule has 0 fully saturated rings. The average Bonchev–Trinajstić information content (AvgIpc) is 2.26. The van der Waals surface area contributed by atoms with Gasteiger partial charge in [0.2, 0.25) is 0 Å². The molecular formula is C12H14Cl3NO. The highest BCUT2D eigenvalue weighted by atomic mass is 35.5. The molecule has 94 valence electrons. The van der Waals surface area contributed by atoms with E-state index < -0.39 is 0 Å². The molecule has 0 saturated heterocycles. The zero-order chi connectivity index (χ0) is 12.8. The smallest absolute Gasteiger partial charge is 0.254 e. The summed E-state index contributed by atoms with van der Waals surface area (Å²) in [5.41, 5.74) is 0.328. The Bertz CT molecular complexity index is 375. The van der Waals surface area contributed by atoms with Crippen molar-refractivity contribution in [3.05, 3.63) is 33.8 Å². The van der Waals surface area contributed by atoms with Crippen LogP contribution < -0.4 is 5.32 Å². The zero-order valence-electron chi connectivity index (χ0n) is 9.47. The number of benzene rings is 1. The number of hydrogen-bond donors (Lipinski definition) is 1. The molecule has 0 aliphatic heterocycles. The maximum Gasteiger partial charge on any atom is 0.254 e. The second-order valence-corrected chi connectivity index (χ2v) is 5.08. The third-order valence-corrected chi connectivity index (χ3v) is 3.25. The molecule has 0 bridgehead atoms. The number of hydrogen-bond acceptors (Lipinski definition) is 1. The summed E-state index contributed by atoms with van der Waals surface area (Å²) in [6.45, 7) is 2.59. The largest absolute Gasteiger partial charge is 0.352 e. The van der Waals surface area contributed by atoms with Crippen LogP contribution in [0.2, 0.25) is 10.0 Å². The van der Waals surface area contributed by atoms with Gasteiger partial charge < -0.3 is 5.32 Å². The Morgan fingerprint density at radius 1 is 1.35 bits per heavy atom. The highest BCUT2D eigenvalue weighted by Crippen LogP contribution is 2.23. The van der Waals surface area contributed by atoms with Gasteiger partial charge in [0.05, 0.1) is 15.6 Å². The van der Waals surface area contributed by atoms with E-state index in [1.807, 2.05) is 6.92 Å². The first-order valence-corrected chi connectivity index (χ1v) is 6.63. The van der Waals surface area contributed by atoms with E-state index in [1.54, 1.807) is 18.2 Å². The molecule has 0 heterocycles. The Kier molecular flexibility index (Phi) is 6.10. The van der Waals surface area contributed by atoms with Crippen molar-refractivity contribution in [3.63, 3.8) is 0 Å². The normalized spacial score (nSPS) is 12.2. The van der Waals surface area contributed by atoms with E-state index in [-0.39, 0.29) is 5.91 Å². The molecule has 0 radical (unpaired) electrons. The van der Waals surface area contributed by atoms with Crippen molar-refractivity contribution in [3.8, 4) is 0 Å². The number of amides is 1. The second kappa shape index (κ2) is 7.10. The molecule has 1 aromatic rings. The molecule has 17 heavy (non-hydrogen) atoms. The monoisotopic (exact) mass is 293 g/mol. The summed E-state index contributed by atoms with van der Waals surface area (Å²) in [6, 6.07) is 4.99. The van der Waals surface area contributed by atoms with Crippen LogP contribution in [-0.2, 0) is 0 Å². The summed E-state index contributed by atoms with van der Waals surface area (Å²) in [6.07, 6.45) is 0.859. The van der Waals surface area contributed by atoms with E-state index in [9.17, 15) is 4.79 Å². The van der Waals surface area contributed by atoms with Crippen LogP contribution in [0.25, 0.3) is 0 Å². The Hall–Kier alpha value is -0.440. The summed E-state index contributed by atoms with van der Waals surface area (Å²) in [5, 5.41) is 3.52. The summed E-state index contributed by atoms with van der Waals surface area (Å²) >= 11 is 17.5. The van der Waals surface area contributed by atoms with Gasteiger partial charge in [-0.15, -0.1) is 11.6 Å². The molecule has 0 saturated carbocycles. The predicted molar refractivity (Wildman–Crippen MR) is 73.3 cm³/mol. The number of carbonyl (C=O) groups is 1. The van der Waals surface area contributed by atoms with E-state index in [0.29, 0.717) is 34.0 Å². The number of rotatable bonds is 5. The predicted octanol–water partition coefficient (Wildman–Crippen LogP) is 3.99. The van der Waals surface area contributed by atoms with Gasteiger partial charge >= 0.3 is 0 Å². The maximum absolute atomic E-state index is 11.9. The molecule has 1 rings (SSSR count). The fraction of sp³-hybridized carbons (Fsp3) is 0.417. The van der Waals surface area contributed by atoms with Crippen LogP contribution in [0.1, 0.15) is 23.7 Å². The van der Waals surface area contributed by atoms with Gasteiger partial charge in [0.1, 0.15) is 0 Å². The van der Waals surface area contributed by atoms with E-state index in [0.717, 1.165) is 6.42 Å². The van der Waals surface area contributed by atoms with Gasteiger partial charge in [-0.05, 0) is 24.5 Å². The molecule has 2 nitrogen and oxygen atoms in total. The SMILES string of the molecule is CC(CCCl)CNC(=O)c1c(Cl)cccc1Cl. The minimum atomic E-state index is -0.248. The lowest BCUT2D eigenvalue weighted by molar-refractivity contribution is 0.0948. The standard InChI is InChI=1S/C12H14Cl3NO/c1-8(5-6-13)7-16-12(17)11-9(14)3-2-4-10(11)15/h2-4,8H,5-7H2,1H3,(H,16,17). The molecule has 1 atom stereocenters. The van der Waals surface area contributed by atoms with Crippen LogP contribution in [0.5, 0.6) is 0 Å². The first-order valence-electron chi connectivity index (χ1n) is 5.34. The van der Waals surface area contributed by atoms with Crippen LogP contribution in [0.15, 0.2) is 18.2 Å². The lowest BCUT2D eigenvalue weighted by atomic mass is 10.1. The third-order valence-electron chi connectivity index (χ3n) is 2.40. The van der Waals surface area contributed by atoms with Crippen molar-refractivity contribution in [2.45, 2.75) is 13.3 Å². The van der Waals surface area contributed by atoms with Crippen LogP contribution >= 0.6 is 34.8 Å². The molecule has 0 aliphatic rings. The van der Waals surface area contributed by atoms with Gasteiger partial charge in [-0.1, -0.05) is 36.2 Å². The van der Waals surface area contributed by atoms with E-state index in [4.69, 9.17) is 34.8 Å². The first kappa shape index (κ1) is 14.6. The molecule has 0 aliphatic carbocycles. The minimum absolute atomic E-state index is 0.248. The van der Waals surface area contributed by atoms with Crippen molar-refractivity contribution >= 4 is 40.7 Å². The highest BCUT2D eigenvalue weighted by Gasteiger charge is 2.14. The lowest BCUT2D eigenvalue weighted by Crippen LogP contribution is -2.28. The van der Waals surface area contributed by atoms with E-state index in [1.165, 1.54) is 0 Å². The number of halogens is 3. The maximum atomic E-state index is 11.9. The lowest BCUT2D eigenvalue weighted by Gasteiger charge is -2.12. The summed E-state index contributed by atoms with van der Waals surface area (Å²) < 4.78 is 0. The van der Waals surface area contributed by atoms with Crippen molar-refractivity contribution in [1.82, 2.24) is 5.32 Å². The highest BCUT2D eigenvalue weighted by molar-refractivity contribution is 6.39. The molecule has 0 aromatic heterocycles. The number of nitrogens with one attached hydrogen (secondary N) is 1. The Balaban J connectivity index is 2.64. The van der Waals surface area contributed by atoms with Gasteiger partial charge in [0.15, 0.2) is 0 Å². The molecule has 0 spiro atoms. The molecule has 1 aromatic carbocycles. The van der Waals surface area contributed by atoms with Gasteiger partial charge in [-0.25, -0.2) is 0 Å². The first-order chi connectivity index (χ1) is 8.06. The van der Waals surface area contributed by atoms with Crippen LogP contribution in [0.3, 0.4) is 0 Å². The summed E-state index contributed by atoms with van der Waals surface area (Å²) in [7, 11) is 0. The summed E-state index contributed by atoms with van der Waals surface area (Å²) in [5.74, 6) is 0.670. The van der Waals surface area contributed by atoms with Gasteiger partial charge in [0.25, 0.3) is 5.91 Å². The second-order valence-electron chi connectivity index (χ2n) is 3.89. The fourth-order valence-electron chi connectivity index (χ4n) is 1.36. The number of carbonyl (C=O) groups excluding carboxylic acids is 1. The molecule has 1 unspecified atom stereocenters. The van der Waals surface area contributed by atoms with Crippen LogP contribution in [-0.4, -0.2) is 18.3 Å². The van der Waals surface area contributed by atoms with Gasteiger partial charge in [-0.2, -0.15) is 0 Å². The van der Waals surface area contributed by atoms with Crippen LogP contribution in [0.4, 0.5) is 0 Å². The van der Waals surface area contributed by atoms with Crippen molar-refractivity contribution in [2.24, 2.45) is 5.92 Å². The summed E-state index contributed by atoms with van der Waals surface area (Å²) in [4.78, 5) is 11.9. The Morgan fingerprint density at radius 3 is 2.47 bits per heavy atom. The topological polar surface area (TPSA) is 29.1 Å². The number of alkyl halides is 1. The van der Waals surface area contributed by atoms with Crippen molar-refractivity contribution in [1.29, 1.82) is 0 Å². The average molecular weight is 295 g/mol. The zero-order valence-corrected chi connectivity index (χ0v) is 11.7. The minimum Gasteiger partial charge on any atom is -0.352 e. The molecule has 1 amide bonds. The van der Waals surface area contributed by atoms with Crippen LogP contribution in [0, 0.1) is 5.92 Å². The third kappa shape index (κ3) is 4.38.